The van der Waals surface area contributed by atoms with Gasteiger partial charge in [-0.1, -0.05) is 29.5 Å². The van der Waals surface area contributed by atoms with Crippen LogP contribution in [0.25, 0.3) is 11.3 Å². The minimum atomic E-state index is 0.857. The first kappa shape index (κ1) is 12.9. The van der Waals surface area contributed by atoms with Crippen molar-refractivity contribution in [2.45, 2.75) is 26.2 Å². The van der Waals surface area contributed by atoms with Gasteiger partial charge in [-0.25, -0.2) is 0 Å². The quantitative estimate of drug-likeness (QED) is 0.795. The number of nitrogen functional groups attached to an aromatic ring is 1. The number of aromatic nitrogens is 1. The molecule has 3 aliphatic rings. The fourth-order valence-corrected chi connectivity index (χ4v) is 4.12. The van der Waals surface area contributed by atoms with Crippen molar-refractivity contribution >= 4 is 16.3 Å². The zero-order chi connectivity index (χ0) is 14.4. The van der Waals surface area contributed by atoms with E-state index in [1.165, 1.54) is 22.4 Å². The third-order valence-corrected chi connectivity index (χ3v) is 5.45. The molecule has 2 atom stereocenters. The molecule has 21 heavy (non-hydrogen) atoms. The van der Waals surface area contributed by atoms with Crippen LogP contribution in [-0.4, -0.2) is 5.16 Å². The van der Waals surface area contributed by atoms with Crippen LogP contribution in [0.5, 0.6) is 0 Å². The maximum Gasteiger partial charge on any atom is 0.173 e. The fourth-order valence-electron chi connectivity index (χ4n) is 3.15. The Bertz CT molecular complexity index is 722. The minimum Gasteiger partial charge on any atom is -0.390 e. The molecular weight excluding hydrogens is 280 g/mol. The van der Waals surface area contributed by atoms with Crippen molar-refractivity contribution in [2.24, 2.45) is 11.8 Å². The van der Waals surface area contributed by atoms with Crippen LogP contribution in [0.3, 0.4) is 0 Å². The van der Waals surface area contributed by atoms with Gasteiger partial charge in [-0.15, -0.1) is 11.3 Å². The highest BCUT2D eigenvalue weighted by molar-refractivity contribution is 7.16. The van der Waals surface area contributed by atoms with Gasteiger partial charge in [-0.2, -0.15) is 0 Å². The topological polar surface area (TPSA) is 52.0 Å². The van der Waals surface area contributed by atoms with E-state index >= 15 is 0 Å². The maximum atomic E-state index is 5.97. The van der Waals surface area contributed by atoms with Crippen LogP contribution in [0.15, 0.2) is 35.0 Å². The summed E-state index contributed by atoms with van der Waals surface area (Å²) in [6, 6.07) is 0. The molecule has 0 saturated heterocycles. The predicted molar refractivity (Wildman–Crippen MR) is 86.3 cm³/mol. The van der Waals surface area contributed by atoms with E-state index in [2.05, 4.69) is 36.4 Å². The molecule has 2 heterocycles. The second-order valence-corrected chi connectivity index (χ2v) is 7.15. The predicted octanol–water partition coefficient (Wildman–Crippen LogP) is 4.14. The second kappa shape index (κ2) is 4.88. The lowest BCUT2D eigenvalue weighted by Crippen LogP contribution is -2.01. The van der Waals surface area contributed by atoms with Gasteiger partial charge in [0.05, 0.1) is 16.8 Å². The van der Waals surface area contributed by atoms with Gasteiger partial charge in [-0.3, -0.25) is 0 Å². The van der Waals surface area contributed by atoms with Crippen molar-refractivity contribution in [3.63, 3.8) is 0 Å². The van der Waals surface area contributed by atoms with Crippen molar-refractivity contribution in [3.8, 4) is 11.3 Å². The highest BCUT2D eigenvalue weighted by atomic mass is 32.1. The molecule has 108 valence electrons. The summed E-state index contributed by atoms with van der Waals surface area (Å²) in [5.41, 5.74) is 9.58. The average molecular weight is 298 g/mol. The van der Waals surface area contributed by atoms with Gasteiger partial charge in [-0.05, 0) is 43.6 Å². The fraction of sp³-hybridized carbons (Fsp3) is 0.353. The van der Waals surface area contributed by atoms with Crippen molar-refractivity contribution in [1.82, 2.24) is 5.16 Å². The Morgan fingerprint density at radius 1 is 1.24 bits per heavy atom. The summed E-state index contributed by atoms with van der Waals surface area (Å²) < 4.78 is 5.25. The number of thiophene rings is 1. The molecule has 0 amide bonds. The Morgan fingerprint density at radius 3 is 2.71 bits per heavy atom. The number of fused-ring (bicyclic) bond motifs is 4. The van der Waals surface area contributed by atoms with E-state index in [9.17, 15) is 0 Å². The lowest BCUT2D eigenvalue weighted by Gasteiger charge is -2.10. The number of nitrogens with two attached hydrogens (primary N) is 1. The van der Waals surface area contributed by atoms with Crippen LogP contribution in [0.1, 0.15) is 22.4 Å². The summed E-state index contributed by atoms with van der Waals surface area (Å²) in [7, 11) is 0. The number of aryl methyl sites for hydroxylation is 2. The van der Waals surface area contributed by atoms with Crippen LogP contribution in [0.4, 0.5) is 5.00 Å². The largest absolute Gasteiger partial charge is 0.390 e. The van der Waals surface area contributed by atoms with Crippen LogP contribution >= 0.6 is 11.3 Å². The first-order chi connectivity index (χ1) is 10.2. The normalized spacial score (nSPS) is 23.7. The van der Waals surface area contributed by atoms with Gasteiger partial charge in [0.15, 0.2) is 5.76 Å². The molecule has 2 aromatic rings. The molecule has 0 aliphatic heterocycles. The third kappa shape index (κ3) is 2.23. The van der Waals surface area contributed by atoms with E-state index in [1.807, 2.05) is 0 Å². The van der Waals surface area contributed by atoms with E-state index in [0.717, 1.165) is 41.0 Å². The zero-order valence-corrected chi connectivity index (χ0v) is 12.8. The van der Waals surface area contributed by atoms with Gasteiger partial charge in [0.1, 0.15) is 0 Å². The molecule has 2 unspecified atom stereocenters. The molecule has 3 aliphatic carbocycles. The Balaban J connectivity index is 0.000000137. The van der Waals surface area contributed by atoms with Gasteiger partial charge in [0, 0.05) is 10.4 Å². The Morgan fingerprint density at radius 2 is 2.00 bits per heavy atom. The number of hydrogen-bond acceptors (Lipinski definition) is 4. The van der Waals surface area contributed by atoms with E-state index < -0.39 is 0 Å². The van der Waals surface area contributed by atoms with Crippen molar-refractivity contribution in [2.75, 3.05) is 5.73 Å². The molecule has 0 radical (unpaired) electrons. The molecule has 4 heteroatoms. The van der Waals surface area contributed by atoms with E-state index in [1.54, 1.807) is 17.5 Å². The molecule has 2 N–H and O–H groups in total. The first-order valence-corrected chi connectivity index (χ1v) is 8.22. The Kier molecular flexibility index (Phi) is 3.00. The average Bonchev–Trinajstić information content (AvgIpc) is 3.02. The lowest BCUT2D eigenvalue weighted by atomic mass is 9.93. The molecule has 5 rings (SSSR count). The molecule has 0 bridgehead atoms. The Labute approximate surface area is 128 Å². The summed E-state index contributed by atoms with van der Waals surface area (Å²) in [5, 5.41) is 4.68. The third-order valence-electron chi connectivity index (χ3n) is 4.47. The standard InChI is InChI=1S/C10H10N2OS.C7H8/c1-5-7-3-2-6-4-12-13-9(6)8(7)10(11)14-5;1-2-4-7-5-6(7)3-1/h4H,2-3,11H2,1H3;1-4,6-7H,5H2. The number of hydrogen-bond donors (Lipinski definition) is 1. The monoisotopic (exact) mass is 298 g/mol. The van der Waals surface area contributed by atoms with Crippen LogP contribution in [0.2, 0.25) is 0 Å². The number of allylic oxidation sites excluding steroid dienone is 4. The zero-order valence-electron chi connectivity index (χ0n) is 12.0. The SMILES string of the molecule is C1=CC2CC2C=C1.Cc1sc(N)c2c1CCc1cnoc1-2. The highest BCUT2D eigenvalue weighted by Crippen LogP contribution is 2.44. The summed E-state index contributed by atoms with van der Waals surface area (Å²) in [6.45, 7) is 2.11. The first-order valence-electron chi connectivity index (χ1n) is 7.40. The molecule has 3 nitrogen and oxygen atoms in total. The van der Waals surface area contributed by atoms with Gasteiger partial charge >= 0.3 is 0 Å². The summed E-state index contributed by atoms with van der Waals surface area (Å²) in [4.78, 5) is 1.31. The Hall–Kier alpha value is -1.81. The molecule has 1 saturated carbocycles. The smallest absolute Gasteiger partial charge is 0.173 e. The van der Waals surface area contributed by atoms with Gasteiger partial charge < -0.3 is 10.3 Å². The second-order valence-electron chi connectivity index (χ2n) is 5.89. The minimum absolute atomic E-state index is 0.857. The highest BCUT2D eigenvalue weighted by Gasteiger charge is 2.32. The van der Waals surface area contributed by atoms with Crippen molar-refractivity contribution in [3.05, 3.63) is 46.5 Å². The van der Waals surface area contributed by atoms with Crippen molar-refractivity contribution in [1.29, 1.82) is 0 Å². The molecule has 0 spiro atoms. The summed E-state index contributed by atoms with van der Waals surface area (Å²) in [6.07, 6.45) is 14.2. The maximum absolute atomic E-state index is 5.97. The number of rotatable bonds is 0. The molecule has 1 fully saturated rings. The van der Waals surface area contributed by atoms with Gasteiger partial charge in [0.2, 0.25) is 0 Å². The van der Waals surface area contributed by atoms with E-state index in [-0.39, 0.29) is 0 Å². The summed E-state index contributed by atoms with van der Waals surface area (Å²) in [5.74, 6) is 2.75. The lowest BCUT2D eigenvalue weighted by molar-refractivity contribution is 0.431. The van der Waals surface area contributed by atoms with Gasteiger partial charge in [0.25, 0.3) is 0 Å². The van der Waals surface area contributed by atoms with E-state index in [0.29, 0.717) is 0 Å². The van der Waals surface area contributed by atoms with E-state index in [4.69, 9.17) is 10.3 Å². The molecule has 2 aromatic heterocycles. The number of nitrogens with zero attached hydrogens (tertiary/aromatic N) is 1. The summed E-state index contributed by atoms with van der Waals surface area (Å²) >= 11 is 1.64. The molecular formula is C17H18N2OS. The number of anilines is 1. The molecule has 0 aromatic carbocycles. The van der Waals surface area contributed by atoms with Crippen LogP contribution in [0, 0.1) is 18.8 Å². The van der Waals surface area contributed by atoms with Crippen LogP contribution < -0.4 is 5.73 Å². The van der Waals surface area contributed by atoms with Crippen LogP contribution in [-0.2, 0) is 12.8 Å². The van der Waals surface area contributed by atoms with Crippen molar-refractivity contribution < 1.29 is 4.52 Å².